The van der Waals surface area contributed by atoms with E-state index in [0.717, 1.165) is 4.68 Å². The van der Waals surface area contributed by atoms with Crippen molar-refractivity contribution in [3.63, 3.8) is 0 Å². The fourth-order valence-electron chi connectivity index (χ4n) is 3.86. The molecule has 0 atom stereocenters. The van der Waals surface area contributed by atoms with E-state index < -0.39 is 11.6 Å². The highest BCUT2D eigenvalue weighted by Gasteiger charge is 2.21. The smallest absolute Gasteiger partial charge is 0.352 e. The van der Waals surface area contributed by atoms with E-state index >= 15 is 0 Å². The lowest BCUT2D eigenvalue weighted by Gasteiger charge is -2.13. The number of aromatic nitrogens is 4. The molecule has 0 radical (unpaired) electrons. The van der Waals surface area contributed by atoms with Gasteiger partial charge in [-0.1, -0.05) is 25.4 Å². The fourth-order valence-corrected chi connectivity index (χ4v) is 3.99. The number of nitrogens with one attached hydrogen (secondary N) is 2. The molecule has 2 aromatic carbocycles. The summed E-state index contributed by atoms with van der Waals surface area (Å²) in [5.74, 6) is -0.431. The first-order chi connectivity index (χ1) is 17.1. The Morgan fingerprint density at radius 1 is 1.03 bits per heavy atom. The molecule has 4 rings (SSSR count). The molecule has 10 nitrogen and oxygen atoms in total. The largest absolute Gasteiger partial charge is 0.352 e. The zero-order valence-corrected chi connectivity index (χ0v) is 21.2. The third-order valence-corrected chi connectivity index (χ3v) is 5.85. The average Bonchev–Trinajstić information content (AvgIpc) is 3.13. The van der Waals surface area contributed by atoms with Crippen LogP contribution in [0.1, 0.15) is 44.1 Å². The van der Waals surface area contributed by atoms with E-state index in [-0.39, 0.29) is 46.7 Å². The van der Waals surface area contributed by atoms with Crippen molar-refractivity contribution in [2.24, 2.45) is 5.92 Å². The first kappa shape index (κ1) is 25.2. The summed E-state index contributed by atoms with van der Waals surface area (Å²) in [6.07, 6.45) is 0. The summed E-state index contributed by atoms with van der Waals surface area (Å²) >= 11 is 5.88. The van der Waals surface area contributed by atoms with Crippen LogP contribution in [0, 0.1) is 5.92 Å². The minimum absolute atomic E-state index is 0.0894. The van der Waals surface area contributed by atoms with Crippen LogP contribution in [0.2, 0.25) is 5.02 Å². The number of halogens is 1. The number of benzene rings is 2. The van der Waals surface area contributed by atoms with Gasteiger partial charge in [0.15, 0.2) is 0 Å². The monoisotopic (exact) mass is 510 g/mol. The molecule has 0 fully saturated rings. The van der Waals surface area contributed by atoms with E-state index in [4.69, 9.17) is 11.6 Å². The number of fused-ring (bicyclic) bond motifs is 3. The Morgan fingerprint density at radius 2 is 1.72 bits per heavy atom. The van der Waals surface area contributed by atoms with E-state index in [1.54, 1.807) is 44.2 Å². The van der Waals surface area contributed by atoms with Crippen molar-refractivity contribution in [1.82, 2.24) is 24.1 Å². The molecule has 11 heteroatoms. The van der Waals surface area contributed by atoms with E-state index in [1.165, 1.54) is 21.1 Å². The normalized spacial score (nSPS) is 11.5. The molecule has 2 aromatic heterocycles. The van der Waals surface area contributed by atoms with Gasteiger partial charge in [0.05, 0.1) is 10.9 Å². The summed E-state index contributed by atoms with van der Waals surface area (Å²) in [5.41, 5.74) is 0.132. The topological polar surface area (TPSA) is 120 Å². The first-order valence-corrected chi connectivity index (χ1v) is 12.0. The molecule has 2 amide bonds. The second-order valence-corrected chi connectivity index (χ2v) is 9.67. The fraction of sp³-hybridized carbons (Fsp3) is 0.320. The van der Waals surface area contributed by atoms with Crippen LogP contribution in [-0.4, -0.2) is 37.1 Å². The molecule has 2 heterocycles. The first-order valence-electron chi connectivity index (χ1n) is 11.6. The quantitative estimate of drug-likeness (QED) is 0.396. The van der Waals surface area contributed by atoms with Crippen molar-refractivity contribution < 1.29 is 9.59 Å². The van der Waals surface area contributed by atoms with Crippen molar-refractivity contribution in [1.29, 1.82) is 0 Å². The maximum absolute atomic E-state index is 13.4. The molecule has 0 saturated carbocycles. The highest BCUT2D eigenvalue weighted by Crippen LogP contribution is 2.17. The van der Waals surface area contributed by atoms with Crippen molar-refractivity contribution in [3.8, 4) is 0 Å². The summed E-state index contributed by atoms with van der Waals surface area (Å²) in [5, 5.41) is 10.6. The van der Waals surface area contributed by atoms with Crippen molar-refractivity contribution >= 4 is 45.8 Å². The van der Waals surface area contributed by atoms with Gasteiger partial charge in [-0.25, -0.2) is 13.9 Å². The van der Waals surface area contributed by atoms with Gasteiger partial charge < -0.3 is 10.6 Å². The molecule has 0 saturated heterocycles. The van der Waals surface area contributed by atoms with Crippen LogP contribution in [0.25, 0.3) is 16.7 Å². The Balaban J connectivity index is 1.81. The third-order valence-electron chi connectivity index (χ3n) is 5.60. The zero-order chi connectivity index (χ0) is 26.1. The minimum Gasteiger partial charge on any atom is -0.352 e. The SMILES string of the molecule is CC(C)CNC(=O)c1ccc2c(=O)n(C(C)C)c3nn(CC(=O)Nc4ccc(Cl)cc4)c(=O)n3c2c1. The molecule has 0 aliphatic heterocycles. The molecule has 188 valence electrons. The third kappa shape index (κ3) is 4.90. The molecule has 0 aliphatic rings. The van der Waals surface area contributed by atoms with E-state index in [9.17, 15) is 19.2 Å². The van der Waals surface area contributed by atoms with Crippen LogP contribution in [0.3, 0.4) is 0 Å². The summed E-state index contributed by atoms with van der Waals surface area (Å²) in [6.45, 7) is 7.69. The van der Waals surface area contributed by atoms with Gasteiger partial charge >= 0.3 is 5.69 Å². The van der Waals surface area contributed by atoms with Crippen LogP contribution >= 0.6 is 11.6 Å². The number of carbonyl (C=O) groups excluding carboxylic acids is 2. The molecule has 0 unspecified atom stereocenters. The summed E-state index contributed by atoms with van der Waals surface area (Å²) in [7, 11) is 0. The Morgan fingerprint density at radius 3 is 2.36 bits per heavy atom. The van der Waals surface area contributed by atoms with Gasteiger partial charge in [-0.05, 0) is 62.2 Å². The second-order valence-electron chi connectivity index (χ2n) is 9.24. The lowest BCUT2D eigenvalue weighted by molar-refractivity contribution is -0.117. The van der Waals surface area contributed by atoms with E-state index in [2.05, 4.69) is 15.7 Å². The van der Waals surface area contributed by atoms with Crippen LogP contribution in [0.4, 0.5) is 5.69 Å². The predicted molar refractivity (Wildman–Crippen MR) is 139 cm³/mol. The Kier molecular flexibility index (Phi) is 6.98. The molecule has 0 spiro atoms. The molecule has 0 bridgehead atoms. The van der Waals surface area contributed by atoms with Crippen LogP contribution in [0.5, 0.6) is 0 Å². The molecule has 36 heavy (non-hydrogen) atoms. The number of rotatable bonds is 7. The van der Waals surface area contributed by atoms with Gasteiger partial charge in [0.2, 0.25) is 11.7 Å². The molecule has 2 N–H and O–H groups in total. The summed E-state index contributed by atoms with van der Waals surface area (Å²) < 4.78 is 3.67. The zero-order valence-electron chi connectivity index (χ0n) is 20.4. The van der Waals surface area contributed by atoms with Gasteiger partial charge in [0.1, 0.15) is 6.54 Å². The van der Waals surface area contributed by atoms with Gasteiger partial charge in [-0.2, -0.15) is 0 Å². The predicted octanol–water partition coefficient (Wildman–Crippen LogP) is 3.07. The van der Waals surface area contributed by atoms with E-state index in [0.29, 0.717) is 22.8 Å². The van der Waals surface area contributed by atoms with Gasteiger partial charge in [-0.3, -0.25) is 19.0 Å². The molecular formula is C25H27ClN6O4. The average molecular weight is 511 g/mol. The molecule has 4 aromatic rings. The molecular weight excluding hydrogens is 484 g/mol. The number of nitrogens with zero attached hydrogens (tertiary/aromatic N) is 4. The maximum Gasteiger partial charge on any atom is 0.352 e. The summed E-state index contributed by atoms with van der Waals surface area (Å²) in [4.78, 5) is 52.0. The maximum atomic E-state index is 13.4. The van der Waals surface area contributed by atoms with Crippen LogP contribution in [-0.2, 0) is 11.3 Å². The minimum atomic E-state index is -0.601. The van der Waals surface area contributed by atoms with Gasteiger partial charge in [0.25, 0.3) is 11.5 Å². The van der Waals surface area contributed by atoms with Gasteiger partial charge in [-0.15, -0.1) is 5.10 Å². The summed E-state index contributed by atoms with van der Waals surface area (Å²) in [6, 6.07) is 10.8. The Hall–Kier alpha value is -3.92. The number of amides is 2. The number of hydrogen-bond acceptors (Lipinski definition) is 5. The Labute approximate surface area is 211 Å². The van der Waals surface area contributed by atoms with Crippen molar-refractivity contribution in [2.45, 2.75) is 40.3 Å². The van der Waals surface area contributed by atoms with Crippen LogP contribution in [0.15, 0.2) is 52.1 Å². The van der Waals surface area contributed by atoms with E-state index in [1.807, 2.05) is 13.8 Å². The van der Waals surface area contributed by atoms with Crippen molar-refractivity contribution in [2.75, 3.05) is 11.9 Å². The highest BCUT2D eigenvalue weighted by molar-refractivity contribution is 6.30. The van der Waals surface area contributed by atoms with Crippen molar-refractivity contribution in [3.05, 3.63) is 73.9 Å². The second kappa shape index (κ2) is 9.98. The Bertz CT molecular complexity index is 1580. The number of carbonyl (C=O) groups is 2. The lowest BCUT2D eigenvalue weighted by atomic mass is 10.1. The number of hydrogen-bond donors (Lipinski definition) is 2. The van der Waals surface area contributed by atoms with Crippen LogP contribution < -0.4 is 21.9 Å². The standard InChI is InChI=1S/C25H27ClN6O4/c1-14(2)12-27-22(34)16-5-10-19-20(11-16)32-24(31(15(3)4)23(19)35)29-30(25(32)36)13-21(33)28-18-8-6-17(26)7-9-18/h5-11,14-15H,12-13H2,1-4H3,(H,27,34)(H,28,33). The highest BCUT2D eigenvalue weighted by atomic mass is 35.5. The number of anilines is 1. The molecule has 0 aliphatic carbocycles. The van der Waals surface area contributed by atoms with Gasteiger partial charge in [0, 0.05) is 28.9 Å². The lowest BCUT2D eigenvalue weighted by Crippen LogP contribution is -2.30.